The van der Waals surface area contributed by atoms with Crippen molar-refractivity contribution in [3.63, 3.8) is 0 Å². The van der Waals surface area contributed by atoms with Crippen molar-refractivity contribution in [1.82, 2.24) is 9.80 Å². The van der Waals surface area contributed by atoms with Gasteiger partial charge in [0.1, 0.15) is 22.9 Å². The van der Waals surface area contributed by atoms with Crippen LogP contribution in [0.3, 0.4) is 0 Å². The Hall–Kier alpha value is -5.99. The third-order valence-corrected chi connectivity index (χ3v) is 9.10. The number of esters is 1. The number of carbonyl (C=O) groups excluding carboxylic acids is 3. The molecule has 0 spiro atoms. The standard InChI is InChI=1S/C38H44N4O11/c1-22(2)26-15-25(6)39(20-26)36(43)29-17-34(50-7)35(19-31(29)42(48)49)53-13-11-9-10-12-52-33-18-30(41(46)47)28(14-24(33)5)37(44)40-21-27(23(3)4)16-32(40)38(45)51-8/h14,17-21,25,32H,1,3,9-13,15-16H2,2,4-8H3. The number of hydrogen-bond acceptors (Lipinski definition) is 11. The summed E-state index contributed by atoms with van der Waals surface area (Å²) < 4.78 is 22.0. The summed E-state index contributed by atoms with van der Waals surface area (Å²) in [5, 5.41) is 24.1. The number of methoxy groups -OCH3 is 2. The molecule has 2 aromatic carbocycles. The van der Waals surface area contributed by atoms with Crippen LogP contribution in [0.1, 0.15) is 79.2 Å². The monoisotopic (exact) mass is 732 g/mol. The predicted octanol–water partition coefficient (Wildman–Crippen LogP) is 6.99. The van der Waals surface area contributed by atoms with Crippen molar-refractivity contribution in [2.45, 2.75) is 71.9 Å². The Morgan fingerprint density at radius 3 is 1.81 bits per heavy atom. The van der Waals surface area contributed by atoms with Gasteiger partial charge in [0.25, 0.3) is 23.2 Å². The van der Waals surface area contributed by atoms with Crippen molar-refractivity contribution in [2.24, 2.45) is 0 Å². The van der Waals surface area contributed by atoms with Crippen LogP contribution in [0.5, 0.6) is 17.2 Å². The highest BCUT2D eigenvalue weighted by molar-refractivity contribution is 6.02. The zero-order chi connectivity index (χ0) is 39.1. The van der Waals surface area contributed by atoms with Gasteiger partial charge in [-0.25, -0.2) is 4.79 Å². The Kier molecular flexibility index (Phi) is 12.8. The Morgan fingerprint density at radius 2 is 1.28 bits per heavy atom. The number of nitro groups is 2. The summed E-state index contributed by atoms with van der Waals surface area (Å²) in [5.74, 6) is -1.37. The SMILES string of the molecule is C=C(C)C1=CN(C(=O)c2cc(OC)c(OCCCCCOc3cc([N+](=O)[O-])c(C(=O)N4C=C(C(=C)C)CC4C(=O)OC)cc3C)cc2[N+](=O)[O-])C(C)C1. The van der Waals surface area contributed by atoms with Gasteiger partial charge in [-0.2, -0.15) is 0 Å². The Labute approximate surface area is 307 Å². The number of benzene rings is 2. The van der Waals surface area contributed by atoms with E-state index in [1.807, 2.05) is 13.8 Å². The van der Waals surface area contributed by atoms with Crippen molar-refractivity contribution < 1.29 is 43.2 Å². The van der Waals surface area contributed by atoms with Crippen LogP contribution >= 0.6 is 0 Å². The Bertz CT molecular complexity index is 1920. The van der Waals surface area contributed by atoms with E-state index < -0.39 is 45.0 Å². The molecule has 0 aromatic heterocycles. The number of nitro benzene ring substituents is 2. The number of nitrogens with zero attached hydrogens (tertiary/aromatic N) is 4. The van der Waals surface area contributed by atoms with Crippen molar-refractivity contribution in [1.29, 1.82) is 0 Å². The fourth-order valence-electron chi connectivity index (χ4n) is 6.06. The fourth-order valence-corrected chi connectivity index (χ4v) is 6.06. The maximum absolute atomic E-state index is 13.6. The van der Waals surface area contributed by atoms with E-state index in [-0.39, 0.29) is 54.1 Å². The molecule has 15 nitrogen and oxygen atoms in total. The Morgan fingerprint density at radius 1 is 0.774 bits per heavy atom. The van der Waals surface area contributed by atoms with E-state index >= 15 is 0 Å². The second-order valence-corrected chi connectivity index (χ2v) is 13.0. The number of unbranched alkanes of at least 4 members (excludes halogenated alkanes) is 2. The third-order valence-electron chi connectivity index (χ3n) is 9.10. The Balaban J connectivity index is 1.37. The lowest BCUT2D eigenvalue weighted by Crippen LogP contribution is -2.39. The first kappa shape index (κ1) is 39.8. The lowest BCUT2D eigenvalue weighted by Gasteiger charge is -2.22. The normalized spacial score (nSPS) is 16.4. The summed E-state index contributed by atoms with van der Waals surface area (Å²) in [6, 6.07) is 3.92. The first-order valence-electron chi connectivity index (χ1n) is 17.0. The molecule has 0 fully saturated rings. The smallest absolute Gasteiger partial charge is 0.329 e. The summed E-state index contributed by atoms with van der Waals surface area (Å²) in [7, 11) is 2.59. The first-order chi connectivity index (χ1) is 25.1. The summed E-state index contributed by atoms with van der Waals surface area (Å²) in [4.78, 5) is 64.8. The highest BCUT2D eigenvalue weighted by atomic mass is 16.6. The second-order valence-electron chi connectivity index (χ2n) is 13.0. The lowest BCUT2D eigenvalue weighted by atomic mass is 10.0. The molecule has 2 aliphatic rings. The minimum absolute atomic E-state index is 0.120. The van der Waals surface area contributed by atoms with Gasteiger partial charge in [0.15, 0.2) is 11.5 Å². The number of amides is 2. The molecule has 2 heterocycles. The quantitative estimate of drug-likeness (QED) is 0.0751. The first-order valence-corrected chi connectivity index (χ1v) is 17.0. The number of ether oxygens (including phenoxy) is 4. The van der Waals surface area contributed by atoms with E-state index in [4.69, 9.17) is 18.9 Å². The minimum atomic E-state index is -0.976. The molecule has 0 aliphatic carbocycles. The molecule has 2 atom stereocenters. The summed E-state index contributed by atoms with van der Waals surface area (Å²) in [6.45, 7) is 15.3. The molecule has 282 valence electrons. The van der Waals surface area contributed by atoms with Gasteiger partial charge >= 0.3 is 5.97 Å². The van der Waals surface area contributed by atoms with Crippen LogP contribution in [-0.4, -0.2) is 76.9 Å². The van der Waals surface area contributed by atoms with Gasteiger partial charge in [0.05, 0.1) is 49.4 Å². The zero-order valence-electron chi connectivity index (χ0n) is 30.8. The van der Waals surface area contributed by atoms with Gasteiger partial charge in [-0.15, -0.1) is 0 Å². The van der Waals surface area contributed by atoms with Crippen LogP contribution in [0, 0.1) is 27.2 Å². The summed E-state index contributed by atoms with van der Waals surface area (Å²) in [6.07, 6.45) is 5.61. The molecular formula is C38H44N4O11. The molecule has 0 radical (unpaired) electrons. The fraction of sp³-hybridized carbons (Fsp3) is 0.395. The van der Waals surface area contributed by atoms with Crippen LogP contribution in [0.25, 0.3) is 0 Å². The highest BCUT2D eigenvalue weighted by Crippen LogP contribution is 2.38. The third kappa shape index (κ3) is 8.91. The topological polar surface area (TPSA) is 181 Å². The molecule has 0 saturated carbocycles. The minimum Gasteiger partial charge on any atom is -0.493 e. The van der Waals surface area contributed by atoms with Crippen molar-refractivity contribution in [3.05, 3.63) is 109 Å². The van der Waals surface area contributed by atoms with Crippen LogP contribution in [-0.2, 0) is 9.53 Å². The maximum atomic E-state index is 13.6. The zero-order valence-corrected chi connectivity index (χ0v) is 30.8. The molecule has 0 saturated heterocycles. The molecule has 0 N–H and O–H groups in total. The molecule has 2 unspecified atom stereocenters. The number of rotatable bonds is 16. The molecule has 4 rings (SSSR count). The van der Waals surface area contributed by atoms with Crippen LogP contribution in [0.15, 0.2) is 72.1 Å². The van der Waals surface area contributed by atoms with Crippen LogP contribution < -0.4 is 14.2 Å². The van der Waals surface area contributed by atoms with Gasteiger partial charge in [-0.05, 0) is 76.2 Å². The van der Waals surface area contributed by atoms with Gasteiger partial charge in [-0.1, -0.05) is 24.3 Å². The van der Waals surface area contributed by atoms with Crippen molar-refractivity contribution in [3.8, 4) is 17.2 Å². The molecule has 2 aliphatic heterocycles. The van der Waals surface area contributed by atoms with Crippen molar-refractivity contribution >= 4 is 29.2 Å². The van der Waals surface area contributed by atoms with Gasteiger partial charge in [-0.3, -0.25) is 34.7 Å². The number of aryl methyl sites for hydroxylation is 1. The maximum Gasteiger partial charge on any atom is 0.329 e. The van der Waals surface area contributed by atoms with Crippen molar-refractivity contribution in [2.75, 3.05) is 27.4 Å². The summed E-state index contributed by atoms with van der Waals surface area (Å²) in [5.41, 5.74) is 2.33. The molecular weight excluding hydrogens is 688 g/mol. The highest BCUT2D eigenvalue weighted by Gasteiger charge is 2.38. The van der Waals surface area contributed by atoms with Crippen LogP contribution in [0.2, 0.25) is 0 Å². The number of allylic oxidation sites excluding steroid dienone is 2. The van der Waals surface area contributed by atoms with E-state index in [1.54, 1.807) is 20.0 Å². The average molecular weight is 733 g/mol. The molecule has 0 bridgehead atoms. The summed E-state index contributed by atoms with van der Waals surface area (Å²) >= 11 is 0. The molecule has 2 amide bonds. The van der Waals surface area contributed by atoms with E-state index in [1.165, 1.54) is 49.6 Å². The van der Waals surface area contributed by atoms with Gasteiger partial charge in [0, 0.05) is 30.9 Å². The largest absolute Gasteiger partial charge is 0.493 e. The van der Waals surface area contributed by atoms with E-state index in [9.17, 15) is 34.6 Å². The predicted molar refractivity (Wildman–Crippen MR) is 195 cm³/mol. The second kappa shape index (κ2) is 17.0. The van der Waals surface area contributed by atoms with Gasteiger partial charge < -0.3 is 23.8 Å². The van der Waals surface area contributed by atoms with Gasteiger partial charge in [0.2, 0.25) is 0 Å². The molecule has 15 heteroatoms. The van der Waals surface area contributed by atoms with Crippen LogP contribution in [0.4, 0.5) is 11.4 Å². The van der Waals surface area contributed by atoms with E-state index in [0.29, 0.717) is 42.4 Å². The number of carbonyl (C=O) groups is 3. The molecule has 53 heavy (non-hydrogen) atoms. The lowest BCUT2D eigenvalue weighted by molar-refractivity contribution is -0.385. The number of hydrogen-bond donors (Lipinski definition) is 0. The van der Waals surface area contributed by atoms with E-state index in [0.717, 1.165) is 16.0 Å². The molecule has 2 aromatic rings. The average Bonchev–Trinajstić information content (AvgIpc) is 3.75. The van der Waals surface area contributed by atoms with E-state index in [2.05, 4.69) is 13.2 Å².